The van der Waals surface area contributed by atoms with Crippen molar-refractivity contribution >= 4 is 11.9 Å². The van der Waals surface area contributed by atoms with Gasteiger partial charge in [0.1, 0.15) is 12.2 Å². The lowest BCUT2D eigenvalue weighted by molar-refractivity contribution is -0.182. The number of hydrogen-bond acceptors (Lipinski definition) is 7. The van der Waals surface area contributed by atoms with Crippen LogP contribution in [0, 0.1) is 0 Å². The molecule has 2 aromatic rings. The van der Waals surface area contributed by atoms with E-state index in [0.717, 1.165) is 5.56 Å². The monoisotopic (exact) mass is 482 g/mol. The van der Waals surface area contributed by atoms with Gasteiger partial charge < -0.3 is 23.7 Å². The first-order valence-corrected chi connectivity index (χ1v) is 11.8. The molecule has 1 aliphatic rings. The van der Waals surface area contributed by atoms with Crippen molar-refractivity contribution in [2.75, 3.05) is 6.61 Å². The molecule has 2 aromatic carbocycles. The molecule has 0 N–H and O–H groups in total. The molecule has 7 nitrogen and oxygen atoms in total. The van der Waals surface area contributed by atoms with Crippen LogP contribution in [0.3, 0.4) is 0 Å². The number of benzene rings is 2. The van der Waals surface area contributed by atoms with Crippen LogP contribution < -0.4 is 0 Å². The summed E-state index contributed by atoms with van der Waals surface area (Å²) in [5, 5.41) is 0. The highest BCUT2D eigenvalue weighted by molar-refractivity contribution is 5.80. The predicted molar refractivity (Wildman–Crippen MR) is 130 cm³/mol. The molecule has 1 heterocycles. The van der Waals surface area contributed by atoms with Crippen LogP contribution in [0.4, 0.5) is 0 Å². The Balaban J connectivity index is 1.66. The summed E-state index contributed by atoms with van der Waals surface area (Å²) in [6, 6.07) is 18.7. The maximum absolute atomic E-state index is 13.1. The topological polar surface area (TPSA) is 80.3 Å². The van der Waals surface area contributed by atoms with Crippen molar-refractivity contribution in [3.05, 3.63) is 83.9 Å². The normalized spacial score (nSPS) is 19.7. The zero-order valence-electron chi connectivity index (χ0n) is 20.7. The van der Waals surface area contributed by atoms with Gasteiger partial charge in [-0.3, -0.25) is 4.79 Å². The Morgan fingerprint density at radius 1 is 1.06 bits per heavy atom. The van der Waals surface area contributed by atoms with Crippen molar-refractivity contribution < 1.29 is 33.3 Å². The molecule has 0 saturated carbocycles. The average molecular weight is 483 g/mol. The highest BCUT2D eigenvalue weighted by atomic mass is 16.8. The third kappa shape index (κ3) is 8.62. The molecule has 0 amide bonds. The second-order valence-corrected chi connectivity index (χ2v) is 8.91. The van der Waals surface area contributed by atoms with Gasteiger partial charge in [-0.05, 0) is 26.3 Å². The van der Waals surface area contributed by atoms with Gasteiger partial charge in [-0.2, -0.15) is 0 Å². The Labute approximate surface area is 207 Å². The fourth-order valence-electron chi connectivity index (χ4n) is 3.69. The van der Waals surface area contributed by atoms with Crippen molar-refractivity contribution in [3.8, 4) is 0 Å². The number of hydrogen-bond donors (Lipinski definition) is 0. The average Bonchev–Trinajstić information content (AvgIpc) is 3.21. The standard InChI is InChI=1S/C28H34O7/c1-20(31-18-22-13-7-5-8-14-22)12-11-17-24(25-19-32-28(3,4)35-25)34-27(30)26(33-21(2)29)23-15-9-6-10-16-23/h5-16,20,24-26H,17-19H2,1-4H3/b12-11-/t20-,24+,25-,26+/m0/s1. The molecule has 0 bridgehead atoms. The summed E-state index contributed by atoms with van der Waals surface area (Å²) < 4.78 is 28.7. The van der Waals surface area contributed by atoms with E-state index in [9.17, 15) is 9.59 Å². The van der Waals surface area contributed by atoms with Crippen molar-refractivity contribution in [1.29, 1.82) is 0 Å². The number of carbonyl (C=O) groups is 2. The zero-order chi connectivity index (χ0) is 25.3. The summed E-state index contributed by atoms with van der Waals surface area (Å²) in [5.41, 5.74) is 1.63. The summed E-state index contributed by atoms with van der Waals surface area (Å²) in [4.78, 5) is 24.8. The first-order chi connectivity index (χ1) is 16.7. The van der Waals surface area contributed by atoms with E-state index < -0.39 is 36.0 Å². The maximum atomic E-state index is 13.1. The quantitative estimate of drug-likeness (QED) is 0.333. The Bertz CT molecular complexity index is 971. The molecular weight excluding hydrogens is 448 g/mol. The van der Waals surface area contributed by atoms with Gasteiger partial charge in [0.05, 0.1) is 19.3 Å². The van der Waals surface area contributed by atoms with Crippen LogP contribution in [0.15, 0.2) is 72.8 Å². The van der Waals surface area contributed by atoms with Crippen molar-refractivity contribution in [3.63, 3.8) is 0 Å². The van der Waals surface area contributed by atoms with Gasteiger partial charge in [-0.15, -0.1) is 0 Å². The first kappa shape index (κ1) is 26.6. The van der Waals surface area contributed by atoms with E-state index >= 15 is 0 Å². The smallest absolute Gasteiger partial charge is 0.352 e. The zero-order valence-corrected chi connectivity index (χ0v) is 20.7. The van der Waals surface area contributed by atoms with Gasteiger partial charge in [0, 0.05) is 18.9 Å². The van der Waals surface area contributed by atoms with Crippen LogP contribution >= 0.6 is 0 Å². The van der Waals surface area contributed by atoms with E-state index in [1.54, 1.807) is 24.3 Å². The van der Waals surface area contributed by atoms with E-state index in [4.69, 9.17) is 23.7 Å². The maximum Gasteiger partial charge on any atom is 0.352 e. The lowest BCUT2D eigenvalue weighted by Crippen LogP contribution is -2.36. The van der Waals surface area contributed by atoms with Crippen LogP contribution in [0.5, 0.6) is 0 Å². The third-order valence-corrected chi connectivity index (χ3v) is 5.44. The molecule has 0 aliphatic carbocycles. The van der Waals surface area contributed by atoms with Crippen LogP contribution in [0.25, 0.3) is 0 Å². The third-order valence-electron chi connectivity index (χ3n) is 5.44. The molecule has 4 atom stereocenters. The van der Waals surface area contributed by atoms with Crippen molar-refractivity contribution in [1.82, 2.24) is 0 Å². The Kier molecular flexibility index (Phi) is 9.60. The minimum Gasteiger partial charge on any atom is -0.456 e. The minimum absolute atomic E-state index is 0.137. The number of esters is 2. The molecule has 0 radical (unpaired) electrons. The van der Waals surface area contributed by atoms with Crippen LogP contribution in [-0.2, 0) is 39.9 Å². The van der Waals surface area contributed by atoms with E-state index in [0.29, 0.717) is 18.6 Å². The molecule has 1 fully saturated rings. The molecule has 1 aliphatic heterocycles. The Hall–Kier alpha value is -3.00. The lowest BCUT2D eigenvalue weighted by Gasteiger charge is -2.25. The molecule has 0 aromatic heterocycles. The molecule has 0 spiro atoms. The summed E-state index contributed by atoms with van der Waals surface area (Å²) in [5.74, 6) is -2.01. The van der Waals surface area contributed by atoms with Crippen LogP contribution in [0.2, 0.25) is 0 Å². The molecule has 188 valence electrons. The molecular formula is C28H34O7. The Morgan fingerprint density at radius 3 is 2.31 bits per heavy atom. The molecule has 1 saturated heterocycles. The van der Waals surface area contributed by atoms with E-state index in [2.05, 4.69) is 0 Å². The second-order valence-electron chi connectivity index (χ2n) is 8.91. The second kappa shape index (κ2) is 12.6. The fourth-order valence-corrected chi connectivity index (χ4v) is 3.69. The van der Waals surface area contributed by atoms with Gasteiger partial charge in [0.15, 0.2) is 5.79 Å². The highest BCUT2D eigenvalue weighted by Crippen LogP contribution is 2.29. The van der Waals surface area contributed by atoms with Crippen LogP contribution in [-0.4, -0.2) is 42.6 Å². The summed E-state index contributed by atoms with van der Waals surface area (Å²) in [6.45, 7) is 7.61. The number of carbonyl (C=O) groups excluding carboxylic acids is 2. The summed E-state index contributed by atoms with van der Waals surface area (Å²) in [6.07, 6.45) is 1.81. The molecule has 0 unspecified atom stereocenters. The number of ether oxygens (including phenoxy) is 5. The minimum atomic E-state index is -1.16. The van der Waals surface area contributed by atoms with Crippen molar-refractivity contribution in [2.45, 2.75) is 70.9 Å². The SMILES string of the molecule is CC(=O)O[C@@H](C(=O)O[C@H](C/C=C\[C@H](C)OCc1ccccc1)[C@@H]1COC(C)(C)O1)c1ccccc1. The van der Waals surface area contributed by atoms with Gasteiger partial charge in [0.25, 0.3) is 0 Å². The summed E-state index contributed by atoms with van der Waals surface area (Å²) >= 11 is 0. The largest absolute Gasteiger partial charge is 0.456 e. The van der Waals surface area contributed by atoms with Crippen LogP contribution in [0.1, 0.15) is 51.3 Å². The molecule has 7 heteroatoms. The predicted octanol–water partition coefficient (Wildman–Crippen LogP) is 4.91. The lowest BCUT2D eigenvalue weighted by atomic mass is 10.1. The van der Waals surface area contributed by atoms with E-state index in [-0.39, 0.29) is 12.7 Å². The van der Waals surface area contributed by atoms with Crippen molar-refractivity contribution in [2.24, 2.45) is 0 Å². The van der Waals surface area contributed by atoms with Gasteiger partial charge in [0.2, 0.25) is 6.10 Å². The fraction of sp³-hybridized carbons (Fsp3) is 0.429. The molecule has 35 heavy (non-hydrogen) atoms. The summed E-state index contributed by atoms with van der Waals surface area (Å²) in [7, 11) is 0. The van der Waals surface area contributed by atoms with Gasteiger partial charge in [-0.1, -0.05) is 72.8 Å². The van der Waals surface area contributed by atoms with E-state index in [1.807, 2.05) is 69.3 Å². The van der Waals surface area contributed by atoms with E-state index in [1.165, 1.54) is 6.92 Å². The number of rotatable bonds is 11. The molecule has 3 rings (SSSR count). The highest BCUT2D eigenvalue weighted by Gasteiger charge is 2.40. The Morgan fingerprint density at radius 2 is 1.71 bits per heavy atom. The first-order valence-electron chi connectivity index (χ1n) is 11.8. The van der Waals surface area contributed by atoms with Gasteiger partial charge >= 0.3 is 11.9 Å². The van der Waals surface area contributed by atoms with Gasteiger partial charge in [-0.25, -0.2) is 4.79 Å².